The highest BCUT2D eigenvalue weighted by Crippen LogP contribution is 2.28. The third kappa shape index (κ3) is 3.90. The van der Waals surface area contributed by atoms with E-state index in [2.05, 4.69) is 57.1 Å². The molecule has 4 rings (SSSR count). The predicted molar refractivity (Wildman–Crippen MR) is 110 cm³/mol. The van der Waals surface area contributed by atoms with Crippen LogP contribution in [0.3, 0.4) is 0 Å². The molecule has 2 saturated heterocycles. The van der Waals surface area contributed by atoms with Crippen molar-refractivity contribution in [1.29, 1.82) is 0 Å². The number of fused-ring (bicyclic) bond motifs is 2. The van der Waals surface area contributed by atoms with Crippen molar-refractivity contribution >= 4 is 16.8 Å². The fourth-order valence-corrected chi connectivity index (χ4v) is 4.79. The number of benzene rings is 1. The van der Waals surface area contributed by atoms with Gasteiger partial charge in [-0.2, -0.15) is 0 Å². The average Bonchev–Trinajstić information content (AvgIpc) is 3.20. The molecule has 0 saturated carbocycles. The Labute approximate surface area is 162 Å². The molecule has 2 atom stereocenters. The SMILES string of the molecule is CC(C)NC(=O)Cn1cc(CN2C[C@@H]3CCCN3C[C@H]2C)c2ccccc21. The van der Waals surface area contributed by atoms with Crippen LogP contribution in [0.2, 0.25) is 0 Å². The van der Waals surface area contributed by atoms with Crippen LogP contribution in [0, 0.1) is 0 Å². The van der Waals surface area contributed by atoms with E-state index in [-0.39, 0.29) is 11.9 Å². The van der Waals surface area contributed by atoms with Gasteiger partial charge < -0.3 is 9.88 Å². The minimum absolute atomic E-state index is 0.0743. The minimum atomic E-state index is 0.0743. The van der Waals surface area contributed by atoms with Gasteiger partial charge in [0.05, 0.1) is 0 Å². The molecular weight excluding hydrogens is 336 g/mol. The molecular formula is C22H32N4O. The maximum absolute atomic E-state index is 12.3. The first-order valence-corrected chi connectivity index (χ1v) is 10.4. The lowest BCUT2D eigenvalue weighted by Gasteiger charge is -2.42. The van der Waals surface area contributed by atoms with Crippen molar-refractivity contribution in [3.8, 4) is 0 Å². The zero-order valence-corrected chi connectivity index (χ0v) is 16.8. The van der Waals surface area contributed by atoms with Gasteiger partial charge in [0.15, 0.2) is 0 Å². The van der Waals surface area contributed by atoms with Gasteiger partial charge in [-0.1, -0.05) is 18.2 Å². The third-order valence-corrected chi connectivity index (χ3v) is 6.07. The second kappa shape index (κ2) is 7.64. The zero-order valence-electron chi connectivity index (χ0n) is 16.8. The molecule has 146 valence electrons. The largest absolute Gasteiger partial charge is 0.352 e. The van der Waals surface area contributed by atoms with Crippen molar-refractivity contribution in [3.05, 3.63) is 36.0 Å². The fraction of sp³-hybridized carbons (Fsp3) is 0.591. The number of rotatable bonds is 5. The molecule has 3 heterocycles. The van der Waals surface area contributed by atoms with Crippen molar-refractivity contribution in [2.75, 3.05) is 19.6 Å². The standard InChI is InChI=1S/C22H32N4O/c1-16(2)23-22(27)15-26-13-18(20-8-4-5-9-21(20)26)12-25-14-19-7-6-10-24(19)11-17(25)3/h4-5,8-9,13,16-17,19H,6-7,10-12,14-15H2,1-3H3,(H,23,27)/t17-,19+/m1/s1. The van der Waals surface area contributed by atoms with Crippen LogP contribution in [0.1, 0.15) is 39.2 Å². The van der Waals surface area contributed by atoms with Crippen LogP contribution < -0.4 is 5.32 Å². The number of amides is 1. The first-order valence-electron chi connectivity index (χ1n) is 10.4. The van der Waals surface area contributed by atoms with Gasteiger partial charge in [-0.15, -0.1) is 0 Å². The number of nitrogens with zero attached hydrogens (tertiary/aromatic N) is 3. The summed E-state index contributed by atoms with van der Waals surface area (Å²) >= 11 is 0. The summed E-state index contributed by atoms with van der Waals surface area (Å²) in [6.07, 6.45) is 4.87. The van der Waals surface area contributed by atoms with Gasteiger partial charge in [-0.05, 0) is 51.8 Å². The number of nitrogens with one attached hydrogen (secondary N) is 1. The molecule has 1 aromatic heterocycles. The summed E-state index contributed by atoms with van der Waals surface area (Å²) in [5.74, 6) is 0.0743. The van der Waals surface area contributed by atoms with Gasteiger partial charge in [0.1, 0.15) is 6.54 Å². The van der Waals surface area contributed by atoms with E-state index in [9.17, 15) is 4.79 Å². The number of aromatic nitrogens is 1. The van der Waals surface area contributed by atoms with E-state index >= 15 is 0 Å². The molecule has 1 aromatic carbocycles. The third-order valence-electron chi connectivity index (χ3n) is 6.07. The highest BCUT2D eigenvalue weighted by Gasteiger charge is 2.34. The molecule has 0 radical (unpaired) electrons. The quantitative estimate of drug-likeness (QED) is 0.882. The second-order valence-corrected chi connectivity index (χ2v) is 8.59. The van der Waals surface area contributed by atoms with Crippen LogP contribution in [-0.2, 0) is 17.9 Å². The molecule has 0 bridgehead atoms. The highest BCUT2D eigenvalue weighted by molar-refractivity contribution is 5.86. The number of hydrogen-bond acceptors (Lipinski definition) is 3. The molecule has 1 N–H and O–H groups in total. The average molecular weight is 369 g/mol. The molecule has 1 amide bonds. The lowest BCUT2D eigenvalue weighted by Crippen LogP contribution is -2.54. The molecule has 2 aliphatic heterocycles. The van der Waals surface area contributed by atoms with E-state index in [1.807, 2.05) is 13.8 Å². The Morgan fingerprint density at radius 3 is 2.89 bits per heavy atom. The molecule has 5 nitrogen and oxygen atoms in total. The Balaban J connectivity index is 1.55. The Bertz CT molecular complexity index is 812. The molecule has 0 spiro atoms. The lowest BCUT2D eigenvalue weighted by atomic mass is 10.1. The molecule has 27 heavy (non-hydrogen) atoms. The van der Waals surface area contributed by atoms with E-state index in [4.69, 9.17) is 0 Å². The number of piperazine rings is 1. The van der Waals surface area contributed by atoms with Crippen LogP contribution in [0.25, 0.3) is 10.9 Å². The normalized spacial score (nSPS) is 23.9. The number of hydrogen-bond donors (Lipinski definition) is 1. The van der Waals surface area contributed by atoms with Crippen molar-refractivity contribution in [2.45, 2.75) is 64.8 Å². The molecule has 5 heteroatoms. The summed E-state index contributed by atoms with van der Waals surface area (Å²) in [6, 6.07) is 9.95. The van der Waals surface area contributed by atoms with Gasteiger partial charge in [-0.3, -0.25) is 14.6 Å². The maximum atomic E-state index is 12.3. The fourth-order valence-electron chi connectivity index (χ4n) is 4.79. The molecule has 2 aliphatic rings. The minimum Gasteiger partial charge on any atom is -0.352 e. The van der Waals surface area contributed by atoms with E-state index in [0.717, 1.165) is 24.6 Å². The van der Waals surface area contributed by atoms with Crippen molar-refractivity contribution in [3.63, 3.8) is 0 Å². The smallest absolute Gasteiger partial charge is 0.240 e. The van der Waals surface area contributed by atoms with E-state index in [1.54, 1.807) is 0 Å². The number of carbonyl (C=O) groups excluding carboxylic acids is 1. The summed E-state index contributed by atoms with van der Waals surface area (Å²) in [5, 5.41) is 4.28. The van der Waals surface area contributed by atoms with Gasteiger partial charge in [-0.25, -0.2) is 0 Å². The van der Waals surface area contributed by atoms with Gasteiger partial charge in [0.25, 0.3) is 0 Å². The first-order chi connectivity index (χ1) is 13.0. The van der Waals surface area contributed by atoms with Crippen molar-refractivity contribution < 1.29 is 4.79 Å². The molecule has 0 aliphatic carbocycles. The van der Waals surface area contributed by atoms with Crippen LogP contribution in [0.4, 0.5) is 0 Å². The van der Waals surface area contributed by atoms with Gasteiger partial charge in [0.2, 0.25) is 5.91 Å². The Hall–Kier alpha value is -1.85. The Morgan fingerprint density at radius 2 is 2.07 bits per heavy atom. The molecule has 0 unspecified atom stereocenters. The predicted octanol–water partition coefficient (Wildman–Crippen LogP) is 2.83. The highest BCUT2D eigenvalue weighted by atomic mass is 16.2. The summed E-state index contributed by atoms with van der Waals surface area (Å²) in [7, 11) is 0. The number of para-hydroxylation sites is 1. The van der Waals surface area contributed by atoms with Crippen LogP contribution in [0.15, 0.2) is 30.5 Å². The topological polar surface area (TPSA) is 40.5 Å². The molecule has 2 aromatic rings. The zero-order chi connectivity index (χ0) is 19.0. The summed E-state index contributed by atoms with van der Waals surface area (Å²) < 4.78 is 2.11. The van der Waals surface area contributed by atoms with Gasteiger partial charge in [0, 0.05) is 54.9 Å². The maximum Gasteiger partial charge on any atom is 0.240 e. The molecule has 2 fully saturated rings. The Kier molecular flexibility index (Phi) is 5.24. The van der Waals surface area contributed by atoms with Crippen molar-refractivity contribution in [2.24, 2.45) is 0 Å². The van der Waals surface area contributed by atoms with E-state index < -0.39 is 0 Å². The number of carbonyl (C=O) groups is 1. The van der Waals surface area contributed by atoms with E-state index in [1.165, 1.54) is 36.9 Å². The summed E-state index contributed by atoms with van der Waals surface area (Å²) in [5.41, 5.74) is 2.49. The van der Waals surface area contributed by atoms with Crippen LogP contribution >= 0.6 is 0 Å². The summed E-state index contributed by atoms with van der Waals surface area (Å²) in [6.45, 7) is 11.3. The first kappa shape index (κ1) is 18.5. The lowest BCUT2D eigenvalue weighted by molar-refractivity contribution is -0.122. The van der Waals surface area contributed by atoms with Gasteiger partial charge >= 0.3 is 0 Å². The van der Waals surface area contributed by atoms with Crippen LogP contribution in [-0.4, -0.2) is 58.0 Å². The van der Waals surface area contributed by atoms with Crippen molar-refractivity contribution in [1.82, 2.24) is 19.7 Å². The Morgan fingerprint density at radius 1 is 1.26 bits per heavy atom. The van der Waals surface area contributed by atoms with E-state index in [0.29, 0.717) is 12.6 Å². The van der Waals surface area contributed by atoms with Crippen LogP contribution in [0.5, 0.6) is 0 Å². The summed E-state index contributed by atoms with van der Waals surface area (Å²) in [4.78, 5) is 17.6. The monoisotopic (exact) mass is 368 g/mol. The second-order valence-electron chi connectivity index (χ2n) is 8.59.